The van der Waals surface area contributed by atoms with E-state index in [1.54, 1.807) is 25.4 Å². The standard InChI is InChI=1S/C18H24N2O4S/c1-12-8-13(2)18(15(4)21)14(3)17(12)11-25(23,24)10-16(22)9-20-7-5-6-19-20/h5-8,16,22H,9-11H2,1-4H3. The molecule has 0 amide bonds. The summed E-state index contributed by atoms with van der Waals surface area (Å²) in [6.45, 7) is 7.08. The van der Waals surface area contributed by atoms with E-state index in [1.165, 1.54) is 11.6 Å². The Morgan fingerprint density at radius 2 is 1.96 bits per heavy atom. The smallest absolute Gasteiger partial charge is 0.160 e. The number of aryl methyl sites for hydroxylation is 2. The molecule has 1 heterocycles. The molecule has 25 heavy (non-hydrogen) atoms. The molecule has 0 saturated heterocycles. The third kappa shape index (κ3) is 4.76. The molecule has 0 aliphatic carbocycles. The van der Waals surface area contributed by atoms with Crippen molar-refractivity contribution in [2.24, 2.45) is 0 Å². The molecule has 6 nitrogen and oxygen atoms in total. The summed E-state index contributed by atoms with van der Waals surface area (Å²) in [6.07, 6.45) is 2.20. The van der Waals surface area contributed by atoms with Gasteiger partial charge < -0.3 is 5.11 Å². The zero-order valence-corrected chi connectivity index (χ0v) is 15.8. The summed E-state index contributed by atoms with van der Waals surface area (Å²) in [7, 11) is -3.54. The number of benzene rings is 1. The van der Waals surface area contributed by atoms with Crippen LogP contribution in [-0.4, -0.2) is 40.9 Å². The minimum Gasteiger partial charge on any atom is -0.390 e. The average molecular weight is 364 g/mol. The second kappa shape index (κ2) is 7.49. The van der Waals surface area contributed by atoms with Gasteiger partial charge in [0.1, 0.15) is 0 Å². The average Bonchev–Trinajstić information content (AvgIpc) is 2.94. The van der Waals surface area contributed by atoms with Crippen LogP contribution in [0.25, 0.3) is 0 Å². The van der Waals surface area contributed by atoms with Gasteiger partial charge >= 0.3 is 0 Å². The van der Waals surface area contributed by atoms with Crippen molar-refractivity contribution in [3.63, 3.8) is 0 Å². The van der Waals surface area contributed by atoms with E-state index >= 15 is 0 Å². The number of aromatic nitrogens is 2. The first-order valence-corrected chi connectivity index (χ1v) is 9.89. The first kappa shape index (κ1) is 19.3. The Morgan fingerprint density at radius 3 is 2.52 bits per heavy atom. The number of sulfone groups is 1. The molecular weight excluding hydrogens is 340 g/mol. The molecule has 2 rings (SSSR count). The van der Waals surface area contributed by atoms with Crippen LogP contribution >= 0.6 is 0 Å². The highest BCUT2D eigenvalue weighted by atomic mass is 32.2. The molecule has 0 bridgehead atoms. The van der Waals surface area contributed by atoms with Gasteiger partial charge in [-0.2, -0.15) is 5.10 Å². The van der Waals surface area contributed by atoms with Crippen molar-refractivity contribution < 1.29 is 18.3 Å². The molecule has 2 aromatic rings. The monoisotopic (exact) mass is 364 g/mol. The molecule has 1 atom stereocenters. The van der Waals surface area contributed by atoms with E-state index < -0.39 is 15.9 Å². The summed E-state index contributed by atoms with van der Waals surface area (Å²) in [5.41, 5.74) is 3.61. The fourth-order valence-electron chi connectivity index (χ4n) is 3.24. The molecule has 1 unspecified atom stereocenters. The number of aliphatic hydroxyl groups is 1. The zero-order valence-electron chi connectivity index (χ0n) is 15.0. The van der Waals surface area contributed by atoms with Crippen molar-refractivity contribution in [2.45, 2.75) is 46.1 Å². The number of carbonyl (C=O) groups excluding carboxylic acids is 1. The van der Waals surface area contributed by atoms with Crippen LogP contribution in [0.2, 0.25) is 0 Å². The van der Waals surface area contributed by atoms with Crippen molar-refractivity contribution >= 4 is 15.6 Å². The van der Waals surface area contributed by atoms with E-state index in [2.05, 4.69) is 5.10 Å². The van der Waals surface area contributed by atoms with Crippen molar-refractivity contribution in [3.05, 3.63) is 52.3 Å². The Labute approximate surface area is 148 Å². The quantitative estimate of drug-likeness (QED) is 0.759. The molecule has 0 fully saturated rings. The highest BCUT2D eigenvalue weighted by Crippen LogP contribution is 2.25. The molecule has 0 aliphatic heterocycles. The molecule has 0 saturated carbocycles. The van der Waals surface area contributed by atoms with E-state index in [-0.39, 0.29) is 23.8 Å². The predicted octanol–water partition coefficient (Wildman–Crippen LogP) is 1.99. The third-order valence-electron chi connectivity index (χ3n) is 4.25. The number of aliphatic hydroxyl groups excluding tert-OH is 1. The summed E-state index contributed by atoms with van der Waals surface area (Å²) in [4.78, 5) is 11.9. The fourth-order valence-corrected chi connectivity index (χ4v) is 4.93. The van der Waals surface area contributed by atoms with Gasteiger partial charge in [0.2, 0.25) is 0 Å². The normalized spacial score (nSPS) is 13.0. The largest absolute Gasteiger partial charge is 0.390 e. The Balaban J connectivity index is 2.22. The minimum atomic E-state index is -3.54. The highest BCUT2D eigenvalue weighted by molar-refractivity contribution is 7.90. The lowest BCUT2D eigenvalue weighted by Gasteiger charge is -2.17. The maximum Gasteiger partial charge on any atom is 0.160 e. The lowest BCUT2D eigenvalue weighted by molar-refractivity contribution is 0.101. The summed E-state index contributed by atoms with van der Waals surface area (Å²) < 4.78 is 26.6. The van der Waals surface area contributed by atoms with Crippen molar-refractivity contribution in [1.82, 2.24) is 9.78 Å². The first-order chi connectivity index (χ1) is 11.6. The van der Waals surface area contributed by atoms with Crippen LogP contribution in [0.1, 0.15) is 39.5 Å². The van der Waals surface area contributed by atoms with Gasteiger partial charge in [0.25, 0.3) is 0 Å². The summed E-state index contributed by atoms with van der Waals surface area (Å²) in [6, 6.07) is 3.55. The maximum absolute atomic E-state index is 12.5. The number of carbonyl (C=O) groups is 1. The van der Waals surface area contributed by atoms with Crippen molar-refractivity contribution in [1.29, 1.82) is 0 Å². The Bertz CT molecular complexity index is 871. The molecule has 1 N–H and O–H groups in total. The lowest BCUT2D eigenvalue weighted by atomic mass is 9.92. The Hall–Kier alpha value is -1.99. The molecule has 0 radical (unpaired) electrons. The number of rotatable bonds is 7. The fraction of sp³-hybridized carbons (Fsp3) is 0.444. The van der Waals surface area contributed by atoms with Gasteiger partial charge in [-0.05, 0) is 56.0 Å². The van der Waals surface area contributed by atoms with Gasteiger partial charge in [0.15, 0.2) is 15.6 Å². The van der Waals surface area contributed by atoms with Gasteiger partial charge in [0.05, 0.1) is 24.2 Å². The first-order valence-electron chi connectivity index (χ1n) is 8.07. The Morgan fingerprint density at radius 1 is 1.28 bits per heavy atom. The number of hydrogen-bond donors (Lipinski definition) is 1. The van der Waals surface area contributed by atoms with Crippen LogP contribution in [-0.2, 0) is 22.1 Å². The van der Waals surface area contributed by atoms with Crippen molar-refractivity contribution in [2.75, 3.05) is 5.75 Å². The van der Waals surface area contributed by atoms with Crippen molar-refractivity contribution in [3.8, 4) is 0 Å². The van der Waals surface area contributed by atoms with Gasteiger partial charge in [0, 0.05) is 18.0 Å². The second-order valence-corrected chi connectivity index (χ2v) is 8.59. The van der Waals surface area contributed by atoms with Crippen LogP contribution in [0.3, 0.4) is 0 Å². The Kier molecular flexibility index (Phi) is 5.80. The summed E-state index contributed by atoms with van der Waals surface area (Å²) in [5.74, 6) is -0.622. The molecule has 7 heteroatoms. The lowest BCUT2D eigenvalue weighted by Crippen LogP contribution is -2.27. The maximum atomic E-state index is 12.5. The number of ketones is 1. The van der Waals surface area contributed by atoms with Gasteiger partial charge in [-0.1, -0.05) is 6.07 Å². The zero-order chi connectivity index (χ0) is 18.8. The summed E-state index contributed by atoms with van der Waals surface area (Å²) >= 11 is 0. The SMILES string of the molecule is CC(=O)c1c(C)cc(C)c(CS(=O)(=O)CC(O)Cn2cccn2)c1C. The molecule has 1 aromatic carbocycles. The number of hydrogen-bond acceptors (Lipinski definition) is 5. The van der Waals surface area contributed by atoms with E-state index in [9.17, 15) is 18.3 Å². The van der Waals surface area contributed by atoms with Crippen LogP contribution in [0, 0.1) is 20.8 Å². The third-order valence-corrected chi connectivity index (χ3v) is 5.87. The molecule has 0 aliphatic rings. The predicted molar refractivity (Wildman–Crippen MR) is 96.4 cm³/mol. The van der Waals surface area contributed by atoms with Gasteiger partial charge in [-0.15, -0.1) is 0 Å². The second-order valence-electron chi connectivity index (χ2n) is 6.48. The van der Waals surface area contributed by atoms with E-state index in [0.29, 0.717) is 16.7 Å². The van der Waals surface area contributed by atoms with Crippen LogP contribution in [0.5, 0.6) is 0 Å². The molecular formula is C18H24N2O4S. The van der Waals surface area contributed by atoms with E-state index in [0.717, 1.165) is 11.1 Å². The van der Waals surface area contributed by atoms with Crippen LogP contribution < -0.4 is 0 Å². The summed E-state index contributed by atoms with van der Waals surface area (Å²) in [5, 5.41) is 14.0. The van der Waals surface area contributed by atoms with Crippen LogP contribution in [0.15, 0.2) is 24.5 Å². The number of Topliss-reactive ketones (excluding diaryl/α,β-unsaturated/α-hetero) is 1. The van der Waals surface area contributed by atoms with Gasteiger partial charge in [-0.3, -0.25) is 9.48 Å². The van der Waals surface area contributed by atoms with Gasteiger partial charge in [-0.25, -0.2) is 8.42 Å². The molecule has 1 aromatic heterocycles. The van der Waals surface area contributed by atoms with E-state index in [4.69, 9.17) is 0 Å². The number of nitrogens with zero attached hydrogens (tertiary/aromatic N) is 2. The van der Waals surface area contributed by atoms with E-state index in [1.807, 2.05) is 19.9 Å². The topological polar surface area (TPSA) is 89.3 Å². The highest BCUT2D eigenvalue weighted by Gasteiger charge is 2.22. The minimum absolute atomic E-state index is 0.0765. The molecule has 0 spiro atoms. The van der Waals surface area contributed by atoms with Crippen LogP contribution in [0.4, 0.5) is 0 Å². The molecule has 136 valence electrons.